The number of aromatic nitrogens is 1. The molecule has 2 heteroatoms. The lowest BCUT2D eigenvalue weighted by atomic mass is 10.4. The zero-order valence-corrected chi connectivity index (χ0v) is 3.73. The molecule has 0 fully saturated rings. The van der Waals surface area contributed by atoms with Gasteiger partial charge in [0.2, 0.25) is 0 Å². The maximum absolute atomic E-state index is 6.68. The summed E-state index contributed by atoms with van der Waals surface area (Å²) in [6.07, 6.45) is 5.70. The highest BCUT2D eigenvalue weighted by Gasteiger charge is 1.80. The second-order valence-corrected chi connectivity index (χ2v) is 1.20. The van der Waals surface area contributed by atoms with Crippen LogP contribution in [0.1, 0.15) is 5.56 Å². The Labute approximate surface area is 41.7 Å². The number of aromatic amines is 1. The van der Waals surface area contributed by atoms with Gasteiger partial charge in [0.15, 0.2) is 0 Å². The lowest BCUT2D eigenvalue weighted by molar-refractivity contribution is 1.39. The van der Waals surface area contributed by atoms with Crippen LogP contribution in [0.4, 0.5) is 0 Å². The first-order valence-electron chi connectivity index (χ1n) is 1.99. The van der Waals surface area contributed by atoms with Crippen molar-refractivity contribution >= 4 is 6.21 Å². The molecule has 0 unspecified atom stereocenters. The minimum atomic E-state index is 0.792. The Morgan fingerprint density at radius 3 is 3.00 bits per heavy atom. The molecule has 2 N–H and O–H groups in total. The summed E-state index contributed by atoms with van der Waals surface area (Å²) in [5, 5.41) is 6.68. The third kappa shape index (κ3) is 0.682. The Morgan fingerprint density at radius 2 is 2.71 bits per heavy atom. The molecule has 0 aromatic carbocycles. The molecule has 35 valence electrons. The van der Waals surface area contributed by atoms with Gasteiger partial charge in [0.1, 0.15) is 0 Å². The zero-order chi connectivity index (χ0) is 5.11. The van der Waals surface area contributed by atoms with Crippen LogP contribution in [0.5, 0.6) is 0 Å². The van der Waals surface area contributed by atoms with Gasteiger partial charge in [-0.15, -0.1) is 0 Å². The summed E-state index contributed by atoms with van der Waals surface area (Å²) in [6.45, 7) is 0. The van der Waals surface area contributed by atoms with Crippen LogP contribution >= 0.6 is 0 Å². The van der Waals surface area contributed by atoms with Gasteiger partial charge in [-0.2, -0.15) is 0 Å². The number of hydrogen-bond acceptors (Lipinski definition) is 1. The van der Waals surface area contributed by atoms with Crippen LogP contribution in [0.25, 0.3) is 0 Å². The van der Waals surface area contributed by atoms with Crippen LogP contribution in [0, 0.1) is 11.6 Å². The minimum Gasteiger partial charge on any atom is -0.359 e. The van der Waals surface area contributed by atoms with Crippen molar-refractivity contribution in [1.29, 1.82) is 5.41 Å². The Balaban J connectivity index is 2.96. The SMILES string of the molecule is N=Cc1[c][nH]cc1. The van der Waals surface area contributed by atoms with Gasteiger partial charge in [-0.05, 0) is 6.07 Å². The summed E-state index contributed by atoms with van der Waals surface area (Å²) < 4.78 is 0. The molecule has 0 aliphatic heterocycles. The van der Waals surface area contributed by atoms with Crippen molar-refractivity contribution < 1.29 is 0 Å². The van der Waals surface area contributed by atoms with Crippen molar-refractivity contribution in [2.45, 2.75) is 0 Å². The Morgan fingerprint density at radius 1 is 1.86 bits per heavy atom. The molecule has 0 aliphatic carbocycles. The normalized spacial score (nSPS) is 8.57. The van der Waals surface area contributed by atoms with E-state index in [0.717, 1.165) is 5.56 Å². The second-order valence-electron chi connectivity index (χ2n) is 1.20. The highest BCUT2D eigenvalue weighted by atomic mass is 14.6. The second kappa shape index (κ2) is 1.60. The predicted molar refractivity (Wildman–Crippen MR) is 27.5 cm³/mol. The lowest BCUT2D eigenvalue weighted by Gasteiger charge is -1.68. The van der Waals surface area contributed by atoms with E-state index in [4.69, 9.17) is 5.41 Å². The molecule has 7 heavy (non-hydrogen) atoms. The molecule has 0 spiro atoms. The van der Waals surface area contributed by atoms with E-state index in [2.05, 4.69) is 11.2 Å². The van der Waals surface area contributed by atoms with Crippen LogP contribution in [-0.2, 0) is 0 Å². The first-order chi connectivity index (χ1) is 3.43. The molecule has 1 aromatic rings. The van der Waals surface area contributed by atoms with Crippen molar-refractivity contribution in [3.63, 3.8) is 0 Å². The van der Waals surface area contributed by atoms with Gasteiger partial charge in [0, 0.05) is 18.0 Å². The number of nitrogens with one attached hydrogen (secondary N) is 2. The first kappa shape index (κ1) is 4.12. The molecular weight excluding hydrogens is 88.1 g/mol. The van der Waals surface area contributed by atoms with E-state index in [1.165, 1.54) is 6.21 Å². The third-order valence-corrected chi connectivity index (χ3v) is 0.718. The smallest absolute Gasteiger partial charge is 0.0715 e. The summed E-state index contributed by atoms with van der Waals surface area (Å²) >= 11 is 0. The van der Waals surface area contributed by atoms with Gasteiger partial charge in [0.05, 0.1) is 6.20 Å². The Bertz CT molecular complexity index is 141. The molecule has 1 aromatic heterocycles. The molecule has 1 heterocycles. The van der Waals surface area contributed by atoms with E-state index in [9.17, 15) is 0 Å². The Hall–Kier alpha value is -1.05. The first-order valence-corrected chi connectivity index (χ1v) is 1.99. The lowest BCUT2D eigenvalue weighted by Crippen LogP contribution is -1.67. The fraction of sp³-hybridized carbons (Fsp3) is 0. The molecule has 1 rings (SSSR count). The van der Waals surface area contributed by atoms with Crippen LogP contribution < -0.4 is 0 Å². The van der Waals surface area contributed by atoms with E-state index in [1.54, 1.807) is 12.3 Å². The number of hydrogen-bond donors (Lipinski definition) is 2. The topological polar surface area (TPSA) is 39.6 Å². The minimum absolute atomic E-state index is 0.792. The molecule has 1 radical (unpaired) electrons. The van der Waals surface area contributed by atoms with Crippen molar-refractivity contribution in [1.82, 2.24) is 4.98 Å². The molecule has 0 amide bonds. The fourth-order valence-corrected chi connectivity index (χ4v) is 0.382. The molecule has 0 saturated carbocycles. The fourth-order valence-electron chi connectivity index (χ4n) is 0.382. The van der Waals surface area contributed by atoms with Crippen LogP contribution in [0.2, 0.25) is 0 Å². The van der Waals surface area contributed by atoms with Crippen molar-refractivity contribution in [2.75, 3.05) is 0 Å². The van der Waals surface area contributed by atoms with Crippen molar-refractivity contribution in [3.8, 4) is 0 Å². The number of rotatable bonds is 1. The summed E-state index contributed by atoms with van der Waals surface area (Å²) in [7, 11) is 0. The molecule has 0 atom stereocenters. The zero-order valence-electron chi connectivity index (χ0n) is 3.73. The van der Waals surface area contributed by atoms with Crippen LogP contribution in [0.15, 0.2) is 12.3 Å². The van der Waals surface area contributed by atoms with Crippen molar-refractivity contribution in [3.05, 3.63) is 24.0 Å². The van der Waals surface area contributed by atoms with Gasteiger partial charge in [-0.25, -0.2) is 0 Å². The maximum Gasteiger partial charge on any atom is 0.0715 e. The van der Waals surface area contributed by atoms with Gasteiger partial charge < -0.3 is 10.4 Å². The largest absolute Gasteiger partial charge is 0.359 e. The van der Waals surface area contributed by atoms with Gasteiger partial charge >= 0.3 is 0 Å². The average Bonchev–Trinajstić information content (AvgIpc) is 2.14. The van der Waals surface area contributed by atoms with E-state index in [0.29, 0.717) is 0 Å². The summed E-state index contributed by atoms with van der Waals surface area (Å²) in [4.78, 5) is 2.70. The summed E-state index contributed by atoms with van der Waals surface area (Å²) in [5.41, 5.74) is 0.792. The van der Waals surface area contributed by atoms with E-state index < -0.39 is 0 Å². The van der Waals surface area contributed by atoms with E-state index in [1.807, 2.05) is 0 Å². The molecular formula is C5H5N2. The van der Waals surface area contributed by atoms with Crippen molar-refractivity contribution in [2.24, 2.45) is 0 Å². The predicted octanol–water partition coefficient (Wildman–Crippen LogP) is 0.813. The molecule has 0 aliphatic rings. The monoisotopic (exact) mass is 93.0 g/mol. The van der Waals surface area contributed by atoms with Crippen LogP contribution in [-0.4, -0.2) is 11.2 Å². The summed E-state index contributed by atoms with van der Waals surface area (Å²) in [6, 6.07) is 1.78. The van der Waals surface area contributed by atoms with Crippen LogP contribution in [0.3, 0.4) is 0 Å². The third-order valence-electron chi connectivity index (χ3n) is 0.718. The average molecular weight is 93.1 g/mol. The molecule has 0 bridgehead atoms. The highest BCUT2D eigenvalue weighted by Crippen LogP contribution is 1.86. The Kier molecular flexibility index (Phi) is 0.941. The van der Waals surface area contributed by atoms with Gasteiger partial charge in [-0.1, -0.05) is 0 Å². The maximum atomic E-state index is 6.68. The van der Waals surface area contributed by atoms with E-state index >= 15 is 0 Å². The van der Waals surface area contributed by atoms with E-state index in [-0.39, 0.29) is 0 Å². The molecule has 0 saturated heterocycles. The molecule has 2 nitrogen and oxygen atoms in total. The standard InChI is InChI=1S/C5H5N2/c6-3-5-1-2-7-4-5/h1-3,6-7H. The van der Waals surface area contributed by atoms with Gasteiger partial charge in [-0.3, -0.25) is 0 Å². The van der Waals surface area contributed by atoms with Gasteiger partial charge in [0.25, 0.3) is 0 Å². The quantitative estimate of drug-likeness (QED) is 0.482. The summed E-state index contributed by atoms with van der Waals surface area (Å²) in [5.74, 6) is 0. The highest BCUT2D eigenvalue weighted by molar-refractivity contribution is 5.75. The number of H-pyrrole nitrogens is 1.